The molecule has 8 nitrogen and oxygen atoms in total. The van der Waals surface area contributed by atoms with Crippen LogP contribution in [0, 0.1) is 11.3 Å². The predicted molar refractivity (Wildman–Crippen MR) is 145 cm³/mol. The highest BCUT2D eigenvalue weighted by molar-refractivity contribution is 9.11. The Morgan fingerprint density at radius 2 is 1.89 bits per heavy atom. The Balaban J connectivity index is 2.08. The molecule has 12 heteroatoms. The quantitative estimate of drug-likeness (QED) is 0.339. The van der Waals surface area contributed by atoms with Gasteiger partial charge in [-0.3, -0.25) is 9.59 Å². The van der Waals surface area contributed by atoms with Gasteiger partial charge in [-0.2, -0.15) is 14.7 Å². The van der Waals surface area contributed by atoms with Gasteiger partial charge in [-0.25, -0.2) is 9.67 Å². The molecular weight excluding hydrogens is 620 g/mol. The maximum Gasteiger partial charge on any atom is 0.285 e. The molecule has 0 bridgehead atoms. The molecule has 0 spiro atoms. The molecule has 0 aliphatic rings. The molecule has 0 radical (unpaired) electrons. The number of nitrogens with zero attached hydrogens (tertiary/aromatic N) is 5. The van der Waals surface area contributed by atoms with E-state index in [1.165, 1.54) is 16.9 Å². The molecule has 0 aliphatic carbocycles. The number of carbonyl (C=O) groups is 2. The van der Waals surface area contributed by atoms with E-state index in [4.69, 9.17) is 11.6 Å². The van der Waals surface area contributed by atoms with E-state index in [0.29, 0.717) is 8.95 Å². The number of nitriles is 1. The molecule has 0 unspecified atom stereocenters. The third-order valence-electron chi connectivity index (χ3n) is 4.67. The van der Waals surface area contributed by atoms with Crippen LogP contribution >= 0.6 is 43.5 Å². The van der Waals surface area contributed by atoms with Gasteiger partial charge in [0.05, 0.1) is 16.3 Å². The Kier molecular flexibility index (Phi) is 8.99. The third-order valence-corrected chi connectivity index (χ3v) is 8.36. The highest BCUT2D eigenvalue weighted by Crippen LogP contribution is 2.32. The van der Waals surface area contributed by atoms with Crippen molar-refractivity contribution in [3.63, 3.8) is 0 Å². The number of benzene rings is 1. The predicted octanol–water partition coefficient (Wildman–Crippen LogP) is 6.33. The Morgan fingerprint density at radius 1 is 1.20 bits per heavy atom. The van der Waals surface area contributed by atoms with Gasteiger partial charge in [0.2, 0.25) is 0 Å². The SMILES string of the molecule is CC(C)S(=NC(=O)c1cc(Br)cc(Br)c1NC(=O)c1cc(C#N)nn1-c1ncccc1Cl)C(C)C. The van der Waals surface area contributed by atoms with Crippen LogP contribution in [-0.4, -0.2) is 37.1 Å². The minimum atomic E-state index is -0.607. The summed E-state index contributed by atoms with van der Waals surface area (Å²) in [6, 6.07) is 9.82. The largest absolute Gasteiger partial charge is 0.319 e. The van der Waals surface area contributed by atoms with E-state index in [9.17, 15) is 14.9 Å². The van der Waals surface area contributed by atoms with Gasteiger partial charge in [-0.15, -0.1) is 0 Å². The molecule has 0 fully saturated rings. The summed E-state index contributed by atoms with van der Waals surface area (Å²) in [5.74, 6) is -0.851. The Bertz CT molecular complexity index is 1370. The maximum atomic E-state index is 13.4. The summed E-state index contributed by atoms with van der Waals surface area (Å²) in [5.41, 5.74) is 0.509. The first-order valence-electron chi connectivity index (χ1n) is 10.4. The van der Waals surface area contributed by atoms with Crippen molar-refractivity contribution in [3.8, 4) is 11.9 Å². The van der Waals surface area contributed by atoms with Crippen molar-refractivity contribution in [2.45, 2.75) is 38.2 Å². The Hall–Kier alpha value is -2.39. The van der Waals surface area contributed by atoms with Crippen LogP contribution in [0.15, 0.2) is 49.8 Å². The minimum absolute atomic E-state index is 0.0101. The summed E-state index contributed by atoms with van der Waals surface area (Å²) in [6.07, 6.45) is 1.50. The fourth-order valence-electron chi connectivity index (χ4n) is 3.24. The van der Waals surface area contributed by atoms with E-state index < -0.39 is 22.5 Å². The zero-order valence-electron chi connectivity index (χ0n) is 19.2. The van der Waals surface area contributed by atoms with Crippen molar-refractivity contribution in [1.29, 1.82) is 5.26 Å². The van der Waals surface area contributed by atoms with Crippen molar-refractivity contribution >= 4 is 71.7 Å². The molecule has 2 aromatic heterocycles. The summed E-state index contributed by atoms with van der Waals surface area (Å²) >= 11 is 13.1. The number of hydrogen-bond acceptors (Lipinski definition) is 5. The summed E-state index contributed by atoms with van der Waals surface area (Å²) < 4.78 is 6.80. The Labute approximate surface area is 227 Å². The van der Waals surface area contributed by atoms with E-state index in [2.05, 4.69) is 51.6 Å². The number of amides is 2. The number of carbonyl (C=O) groups excluding carboxylic acids is 2. The lowest BCUT2D eigenvalue weighted by molar-refractivity contribution is 0.101. The van der Waals surface area contributed by atoms with Gasteiger partial charge in [-0.1, -0.05) is 65.9 Å². The zero-order valence-corrected chi connectivity index (χ0v) is 24.0. The number of nitrogens with one attached hydrogen (secondary N) is 1. The third kappa shape index (κ3) is 6.25. The molecule has 0 saturated carbocycles. The first-order chi connectivity index (χ1) is 16.5. The average molecular weight is 641 g/mol. The fraction of sp³-hybridized carbons (Fsp3) is 0.261. The summed E-state index contributed by atoms with van der Waals surface area (Å²) in [5, 5.41) is 16.9. The van der Waals surface area contributed by atoms with Gasteiger partial charge >= 0.3 is 0 Å². The number of halogens is 3. The van der Waals surface area contributed by atoms with Gasteiger partial charge in [0.25, 0.3) is 11.8 Å². The molecule has 1 aromatic carbocycles. The first kappa shape index (κ1) is 27.2. The van der Waals surface area contributed by atoms with Crippen molar-refractivity contribution in [2.24, 2.45) is 4.36 Å². The monoisotopic (exact) mass is 638 g/mol. The van der Waals surface area contributed by atoms with Gasteiger partial charge < -0.3 is 5.32 Å². The van der Waals surface area contributed by atoms with Crippen LogP contribution in [0.1, 0.15) is 54.2 Å². The highest BCUT2D eigenvalue weighted by Gasteiger charge is 2.24. The molecule has 2 heterocycles. The Morgan fingerprint density at radius 3 is 2.49 bits per heavy atom. The second kappa shape index (κ2) is 11.6. The molecule has 0 saturated heterocycles. The number of anilines is 1. The number of aromatic nitrogens is 3. The van der Waals surface area contributed by atoms with Crippen LogP contribution < -0.4 is 5.32 Å². The normalized spacial score (nSPS) is 11.1. The molecule has 1 N–H and O–H groups in total. The summed E-state index contributed by atoms with van der Waals surface area (Å²) in [6.45, 7) is 8.10. The zero-order chi connectivity index (χ0) is 25.9. The van der Waals surface area contributed by atoms with Gasteiger partial charge in [-0.05, 0) is 40.2 Å². The molecule has 2 amide bonds. The standard InChI is InChI=1S/C23H21Br2ClN6O2S/c1-12(2)35(13(3)4)31-22(33)16-8-14(24)9-17(25)20(16)29-23(34)19-10-15(11-27)30-32(19)21-18(26)6-5-7-28-21/h5-10,12-13H,1-4H3,(H,29,34). The summed E-state index contributed by atoms with van der Waals surface area (Å²) in [7, 11) is -0.499. The smallest absolute Gasteiger partial charge is 0.285 e. The van der Waals surface area contributed by atoms with Crippen LogP contribution in [0.5, 0.6) is 0 Å². The van der Waals surface area contributed by atoms with Crippen molar-refractivity contribution in [2.75, 3.05) is 5.32 Å². The van der Waals surface area contributed by atoms with Crippen LogP contribution in [0.2, 0.25) is 5.02 Å². The van der Waals surface area contributed by atoms with E-state index in [0.717, 1.165) is 0 Å². The van der Waals surface area contributed by atoms with Gasteiger partial charge in [0.1, 0.15) is 11.8 Å². The fourth-order valence-corrected chi connectivity index (χ4v) is 6.57. The van der Waals surface area contributed by atoms with E-state index in [1.807, 2.05) is 33.8 Å². The number of hydrogen-bond donors (Lipinski definition) is 1. The average Bonchev–Trinajstić information content (AvgIpc) is 3.23. The lowest BCUT2D eigenvalue weighted by Gasteiger charge is -2.17. The molecule has 3 aromatic rings. The lowest BCUT2D eigenvalue weighted by Crippen LogP contribution is -2.20. The molecular formula is C23H21Br2ClN6O2S. The van der Waals surface area contributed by atoms with E-state index >= 15 is 0 Å². The van der Waals surface area contributed by atoms with E-state index in [-0.39, 0.29) is 44.0 Å². The maximum absolute atomic E-state index is 13.4. The van der Waals surface area contributed by atoms with Crippen LogP contribution in [0.25, 0.3) is 5.82 Å². The molecule has 182 valence electrons. The number of pyridine rings is 1. The van der Waals surface area contributed by atoms with Crippen molar-refractivity contribution in [3.05, 3.63) is 67.4 Å². The second-order valence-corrected chi connectivity index (χ2v) is 12.8. The molecule has 0 atom stereocenters. The lowest BCUT2D eigenvalue weighted by atomic mass is 10.1. The topological polar surface area (TPSA) is 113 Å². The van der Waals surface area contributed by atoms with Crippen LogP contribution in [0.3, 0.4) is 0 Å². The van der Waals surface area contributed by atoms with Crippen LogP contribution in [0.4, 0.5) is 5.69 Å². The van der Waals surface area contributed by atoms with Crippen molar-refractivity contribution < 1.29 is 9.59 Å². The summed E-state index contributed by atoms with van der Waals surface area (Å²) in [4.78, 5) is 30.8. The minimum Gasteiger partial charge on any atom is -0.319 e. The van der Waals surface area contributed by atoms with Crippen LogP contribution in [-0.2, 0) is 10.7 Å². The van der Waals surface area contributed by atoms with Gasteiger partial charge in [0.15, 0.2) is 11.5 Å². The highest BCUT2D eigenvalue weighted by atomic mass is 79.9. The molecule has 3 rings (SSSR count). The first-order valence-corrected chi connectivity index (χ1v) is 13.7. The number of rotatable bonds is 6. The molecule has 0 aliphatic heterocycles. The molecule has 35 heavy (non-hydrogen) atoms. The van der Waals surface area contributed by atoms with Gasteiger partial charge in [0, 0.05) is 31.7 Å². The van der Waals surface area contributed by atoms with E-state index in [1.54, 1.807) is 24.3 Å². The second-order valence-electron chi connectivity index (χ2n) is 7.85. The van der Waals surface area contributed by atoms with Crippen molar-refractivity contribution in [1.82, 2.24) is 14.8 Å².